The monoisotopic (exact) mass is 346 g/mol. The summed E-state index contributed by atoms with van der Waals surface area (Å²) in [5.41, 5.74) is 1.13. The lowest BCUT2D eigenvalue weighted by atomic mass is 10.2. The quantitative estimate of drug-likeness (QED) is 0.905. The lowest BCUT2D eigenvalue weighted by Gasteiger charge is -2.20. The summed E-state index contributed by atoms with van der Waals surface area (Å²) in [4.78, 5) is 25.6. The molecular weight excluding hydrogens is 330 g/mol. The molecule has 1 fully saturated rings. The van der Waals surface area contributed by atoms with Gasteiger partial charge in [-0.3, -0.25) is 9.59 Å². The molecule has 0 spiro atoms. The Morgan fingerprint density at radius 2 is 1.96 bits per heavy atom. The van der Waals surface area contributed by atoms with Crippen LogP contribution in [0.4, 0.5) is 20.2 Å². The van der Waals surface area contributed by atoms with Crippen molar-refractivity contribution in [2.45, 2.75) is 12.8 Å². The van der Waals surface area contributed by atoms with E-state index in [0.29, 0.717) is 24.3 Å². The first-order valence-electron chi connectivity index (χ1n) is 7.81. The minimum absolute atomic E-state index is 0.0136. The van der Waals surface area contributed by atoms with Crippen LogP contribution in [0.15, 0.2) is 42.5 Å². The van der Waals surface area contributed by atoms with Crippen molar-refractivity contribution in [1.82, 2.24) is 0 Å². The van der Waals surface area contributed by atoms with Crippen molar-refractivity contribution in [2.75, 3.05) is 23.4 Å². The van der Waals surface area contributed by atoms with Crippen molar-refractivity contribution in [3.63, 3.8) is 0 Å². The van der Waals surface area contributed by atoms with Gasteiger partial charge in [0.25, 0.3) is 5.91 Å². The third-order valence-corrected chi connectivity index (χ3v) is 3.80. The molecule has 1 heterocycles. The molecular formula is C18H16F2N2O3. The third-order valence-electron chi connectivity index (χ3n) is 3.80. The Labute approximate surface area is 143 Å². The Hall–Kier alpha value is -2.96. The molecule has 1 saturated heterocycles. The molecule has 0 saturated carbocycles. The van der Waals surface area contributed by atoms with Crippen LogP contribution in [0.3, 0.4) is 0 Å². The first-order valence-corrected chi connectivity index (χ1v) is 7.81. The highest BCUT2D eigenvalue weighted by Gasteiger charge is 2.24. The molecule has 7 heteroatoms. The maximum atomic E-state index is 13.1. The highest BCUT2D eigenvalue weighted by atomic mass is 19.2. The first kappa shape index (κ1) is 16.9. The van der Waals surface area contributed by atoms with Crippen molar-refractivity contribution in [1.29, 1.82) is 0 Å². The number of para-hydroxylation sites is 2. The van der Waals surface area contributed by atoms with Crippen molar-refractivity contribution in [3.8, 4) is 5.75 Å². The average molecular weight is 346 g/mol. The molecule has 0 aliphatic carbocycles. The topological polar surface area (TPSA) is 58.6 Å². The largest absolute Gasteiger partial charge is 0.484 e. The Balaban J connectivity index is 1.65. The van der Waals surface area contributed by atoms with Crippen molar-refractivity contribution < 1.29 is 23.1 Å². The summed E-state index contributed by atoms with van der Waals surface area (Å²) in [5, 5.41) is 2.68. The molecule has 130 valence electrons. The van der Waals surface area contributed by atoms with E-state index in [-0.39, 0.29) is 18.3 Å². The van der Waals surface area contributed by atoms with Gasteiger partial charge in [-0.05, 0) is 30.7 Å². The lowest BCUT2D eigenvalue weighted by Crippen LogP contribution is -2.26. The Morgan fingerprint density at radius 3 is 2.68 bits per heavy atom. The predicted molar refractivity (Wildman–Crippen MR) is 88.5 cm³/mol. The van der Waals surface area contributed by atoms with Gasteiger partial charge < -0.3 is 15.0 Å². The molecule has 1 aliphatic heterocycles. The van der Waals surface area contributed by atoms with Crippen LogP contribution >= 0.6 is 0 Å². The van der Waals surface area contributed by atoms with Gasteiger partial charge in [-0.25, -0.2) is 8.78 Å². The number of ether oxygens (including phenoxy) is 1. The number of halogens is 2. The van der Waals surface area contributed by atoms with Gasteiger partial charge in [-0.15, -0.1) is 0 Å². The van der Waals surface area contributed by atoms with Crippen molar-refractivity contribution >= 4 is 23.2 Å². The van der Waals surface area contributed by atoms with E-state index in [1.54, 1.807) is 29.2 Å². The normalized spacial score (nSPS) is 13.8. The number of anilines is 2. The minimum atomic E-state index is -1.05. The van der Waals surface area contributed by atoms with Crippen LogP contribution in [0.2, 0.25) is 0 Å². The highest BCUT2D eigenvalue weighted by Crippen LogP contribution is 2.29. The van der Waals surface area contributed by atoms with Crippen LogP contribution in [0.1, 0.15) is 12.8 Å². The first-order chi connectivity index (χ1) is 12.0. The Bertz CT molecular complexity index is 811. The molecule has 0 atom stereocenters. The molecule has 0 unspecified atom stereocenters. The van der Waals surface area contributed by atoms with Crippen molar-refractivity contribution in [2.24, 2.45) is 0 Å². The number of nitrogens with one attached hydrogen (secondary N) is 1. The molecule has 0 aromatic heterocycles. The van der Waals surface area contributed by atoms with E-state index < -0.39 is 17.5 Å². The maximum Gasteiger partial charge on any atom is 0.262 e. The standard InChI is InChI=1S/C18H16F2N2O3/c19-13-8-7-12(10-14(13)20)25-11-17(23)21-15-4-1-2-5-16(15)22-9-3-6-18(22)24/h1-2,4-5,7-8,10H,3,6,9,11H2,(H,21,23). The number of amides is 2. The zero-order valence-corrected chi connectivity index (χ0v) is 13.3. The molecule has 3 rings (SSSR count). The molecule has 1 aliphatic rings. The van der Waals surface area contributed by atoms with E-state index in [2.05, 4.69) is 5.32 Å². The fourth-order valence-corrected chi connectivity index (χ4v) is 2.62. The van der Waals surface area contributed by atoms with E-state index in [1.807, 2.05) is 0 Å². The van der Waals surface area contributed by atoms with E-state index in [0.717, 1.165) is 18.6 Å². The number of nitrogens with zero attached hydrogens (tertiary/aromatic N) is 1. The predicted octanol–water partition coefficient (Wildman–Crippen LogP) is 3.11. The zero-order valence-electron chi connectivity index (χ0n) is 13.3. The summed E-state index contributed by atoms with van der Waals surface area (Å²) >= 11 is 0. The number of hydrogen-bond donors (Lipinski definition) is 1. The molecule has 1 N–H and O–H groups in total. The van der Waals surface area contributed by atoms with Crippen LogP contribution in [0, 0.1) is 11.6 Å². The second kappa shape index (κ2) is 7.29. The second-order valence-electron chi connectivity index (χ2n) is 5.58. The smallest absolute Gasteiger partial charge is 0.262 e. The third kappa shape index (κ3) is 3.93. The van der Waals surface area contributed by atoms with Crippen LogP contribution in [0.25, 0.3) is 0 Å². The molecule has 0 radical (unpaired) electrons. The summed E-state index contributed by atoms with van der Waals surface area (Å²) in [6.07, 6.45) is 1.27. The maximum absolute atomic E-state index is 13.1. The van der Waals surface area contributed by atoms with Gasteiger partial charge in [0.15, 0.2) is 18.2 Å². The van der Waals surface area contributed by atoms with Crippen LogP contribution < -0.4 is 15.0 Å². The fraction of sp³-hybridized carbons (Fsp3) is 0.222. The second-order valence-corrected chi connectivity index (χ2v) is 5.58. The minimum Gasteiger partial charge on any atom is -0.484 e. The Morgan fingerprint density at radius 1 is 1.16 bits per heavy atom. The van der Waals surface area contributed by atoms with E-state index >= 15 is 0 Å². The number of benzene rings is 2. The summed E-state index contributed by atoms with van der Waals surface area (Å²) in [6.45, 7) is 0.241. The van der Waals surface area contributed by atoms with Crippen LogP contribution in [-0.4, -0.2) is 25.0 Å². The summed E-state index contributed by atoms with van der Waals surface area (Å²) < 4.78 is 31.1. The lowest BCUT2D eigenvalue weighted by molar-refractivity contribution is -0.118. The highest BCUT2D eigenvalue weighted by molar-refractivity contribution is 6.02. The summed E-state index contributed by atoms with van der Waals surface area (Å²) in [7, 11) is 0. The van der Waals surface area contributed by atoms with Gasteiger partial charge in [-0.2, -0.15) is 0 Å². The van der Waals surface area contributed by atoms with Crippen molar-refractivity contribution in [3.05, 3.63) is 54.1 Å². The Kier molecular flexibility index (Phi) is 4.92. The van der Waals surface area contributed by atoms with Gasteiger partial charge in [0.1, 0.15) is 5.75 Å². The van der Waals surface area contributed by atoms with Gasteiger partial charge in [-0.1, -0.05) is 12.1 Å². The summed E-state index contributed by atoms with van der Waals surface area (Å²) in [5.74, 6) is -2.43. The van der Waals surface area contributed by atoms with Crippen LogP contribution in [-0.2, 0) is 9.59 Å². The number of rotatable bonds is 5. The van der Waals surface area contributed by atoms with Gasteiger partial charge in [0.2, 0.25) is 5.91 Å². The molecule has 5 nitrogen and oxygen atoms in total. The zero-order chi connectivity index (χ0) is 17.8. The molecule has 2 amide bonds. The number of hydrogen-bond acceptors (Lipinski definition) is 3. The van der Waals surface area contributed by atoms with E-state index in [4.69, 9.17) is 4.74 Å². The molecule has 0 bridgehead atoms. The average Bonchev–Trinajstić information content (AvgIpc) is 3.02. The van der Waals surface area contributed by atoms with Crippen LogP contribution in [0.5, 0.6) is 5.75 Å². The molecule has 2 aromatic carbocycles. The van der Waals surface area contributed by atoms with E-state index in [1.165, 1.54) is 6.07 Å². The van der Waals surface area contributed by atoms with Gasteiger partial charge in [0, 0.05) is 19.0 Å². The van der Waals surface area contributed by atoms with Gasteiger partial charge in [0.05, 0.1) is 11.4 Å². The van der Waals surface area contributed by atoms with E-state index in [9.17, 15) is 18.4 Å². The fourth-order valence-electron chi connectivity index (χ4n) is 2.62. The summed E-state index contributed by atoms with van der Waals surface area (Å²) in [6, 6.07) is 10.0. The number of carbonyl (C=O) groups is 2. The molecule has 25 heavy (non-hydrogen) atoms. The molecule has 2 aromatic rings. The number of carbonyl (C=O) groups excluding carboxylic acids is 2. The van der Waals surface area contributed by atoms with Gasteiger partial charge >= 0.3 is 0 Å². The SMILES string of the molecule is O=C(COc1ccc(F)c(F)c1)Nc1ccccc1N1CCCC1=O.